The molecule has 0 radical (unpaired) electrons. The van der Waals surface area contributed by atoms with Crippen molar-refractivity contribution < 1.29 is 9.90 Å². The van der Waals surface area contributed by atoms with Crippen LogP contribution in [0.3, 0.4) is 0 Å². The fourth-order valence-electron chi connectivity index (χ4n) is 2.22. The normalized spacial score (nSPS) is 26.4. The van der Waals surface area contributed by atoms with Crippen LogP contribution in [0.15, 0.2) is 0 Å². The molecular formula is C12H24N2O2. The van der Waals surface area contributed by atoms with E-state index in [0.29, 0.717) is 11.8 Å². The molecule has 0 saturated heterocycles. The molecule has 0 unspecified atom stereocenters. The smallest absolute Gasteiger partial charge is 0.239 e. The predicted octanol–water partition coefficient (Wildman–Crippen LogP) is 0.589. The Labute approximate surface area is 97.8 Å². The standard InChI is InChI=1S/C12H24N2O2/c1-8(2)4-11(13)12(16)14(3)7-9-5-10(15)6-9/h8-11,15H,4-7,13H2,1-3H3/t9?,10?,11-/m1/s1. The van der Waals surface area contributed by atoms with Crippen molar-refractivity contribution in [2.45, 2.75) is 45.3 Å². The first kappa shape index (κ1) is 13.5. The minimum Gasteiger partial charge on any atom is -0.393 e. The van der Waals surface area contributed by atoms with E-state index in [9.17, 15) is 4.79 Å². The Morgan fingerprint density at radius 2 is 2.06 bits per heavy atom. The van der Waals surface area contributed by atoms with Crippen LogP contribution in [0.2, 0.25) is 0 Å². The molecule has 0 aliphatic heterocycles. The van der Waals surface area contributed by atoms with Crippen LogP contribution in [0.4, 0.5) is 0 Å². The molecule has 0 spiro atoms. The van der Waals surface area contributed by atoms with Gasteiger partial charge in [0.1, 0.15) is 0 Å². The van der Waals surface area contributed by atoms with Gasteiger partial charge in [-0.2, -0.15) is 0 Å². The second kappa shape index (κ2) is 5.64. The summed E-state index contributed by atoms with van der Waals surface area (Å²) in [7, 11) is 1.80. The zero-order chi connectivity index (χ0) is 12.3. The Morgan fingerprint density at radius 1 is 1.50 bits per heavy atom. The van der Waals surface area contributed by atoms with Gasteiger partial charge in [-0.15, -0.1) is 0 Å². The van der Waals surface area contributed by atoms with Crippen LogP contribution in [0.5, 0.6) is 0 Å². The lowest BCUT2D eigenvalue weighted by molar-refractivity contribution is -0.133. The summed E-state index contributed by atoms with van der Waals surface area (Å²) in [5, 5.41) is 9.17. The molecule has 0 aromatic rings. The van der Waals surface area contributed by atoms with E-state index in [1.54, 1.807) is 11.9 Å². The van der Waals surface area contributed by atoms with Crippen molar-refractivity contribution in [3.63, 3.8) is 0 Å². The molecule has 94 valence electrons. The van der Waals surface area contributed by atoms with Gasteiger partial charge in [-0.25, -0.2) is 0 Å². The maximum atomic E-state index is 11.9. The average Bonchev–Trinajstić information content (AvgIpc) is 2.12. The second-order valence-electron chi connectivity index (χ2n) is 5.45. The molecule has 1 rings (SSSR count). The second-order valence-corrected chi connectivity index (χ2v) is 5.45. The Morgan fingerprint density at radius 3 is 2.50 bits per heavy atom. The van der Waals surface area contributed by atoms with E-state index in [2.05, 4.69) is 13.8 Å². The fourth-order valence-corrected chi connectivity index (χ4v) is 2.22. The summed E-state index contributed by atoms with van der Waals surface area (Å²) in [6.45, 7) is 4.85. The number of aliphatic hydroxyl groups excluding tert-OH is 1. The van der Waals surface area contributed by atoms with Crippen molar-refractivity contribution in [3.8, 4) is 0 Å². The molecule has 0 aromatic heterocycles. The largest absolute Gasteiger partial charge is 0.393 e. The van der Waals surface area contributed by atoms with E-state index in [0.717, 1.165) is 25.8 Å². The van der Waals surface area contributed by atoms with Gasteiger partial charge in [-0.3, -0.25) is 4.79 Å². The van der Waals surface area contributed by atoms with E-state index in [1.165, 1.54) is 0 Å². The van der Waals surface area contributed by atoms with Gasteiger partial charge in [-0.05, 0) is 31.1 Å². The number of likely N-dealkylation sites (N-methyl/N-ethyl adjacent to an activating group) is 1. The monoisotopic (exact) mass is 228 g/mol. The number of rotatable bonds is 5. The van der Waals surface area contributed by atoms with E-state index < -0.39 is 0 Å². The number of carbonyl (C=O) groups excluding carboxylic acids is 1. The van der Waals surface area contributed by atoms with Crippen LogP contribution < -0.4 is 5.73 Å². The van der Waals surface area contributed by atoms with Gasteiger partial charge in [0.25, 0.3) is 0 Å². The van der Waals surface area contributed by atoms with Crippen molar-refractivity contribution in [1.29, 1.82) is 0 Å². The molecule has 1 aliphatic carbocycles. The molecule has 1 aliphatic rings. The predicted molar refractivity (Wildman–Crippen MR) is 63.8 cm³/mol. The molecule has 0 heterocycles. The van der Waals surface area contributed by atoms with Gasteiger partial charge < -0.3 is 15.7 Å². The molecule has 16 heavy (non-hydrogen) atoms. The van der Waals surface area contributed by atoms with E-state index in [4.69, 9.17) is 10.8 Å². The maximum absolute atomic E-state index is 11.9. The first-order valence-electron chi connectivity index (χ1n) is 6.08. The van der Waals surface area contributed by atoms with Crippen molar-refractivity contribution in [1.82, 2.24) is 4.90 Å². The van der Waals surface area contributed by atoms with E-state index in [1.807, 2.05) is 0 Å². The van der Waals surface area contributed by atoms with Crippen LogP contribution in [0.25, 0.3) is 0 Å². The molecule has 0 aromatic carbocycles. The lowest BCUT2D eigenvalue weighted by Gasteiger charge is -2.35. The Kier molecular flexibility index (Phi) is 4.74. The topological polar surface area (TPSA) is 66.6 Å². The number of nitrogens with zero attached hydrogens (tertiary/aromatic N) is 1. The number of hydrogen-bond donors (Lipinski definition) is 2. The van der Waals surface area contributed by atoms with Crippen LogP contribution in [0.1, 0.15) is 33.1 Å². The van der Waals surface area contributed by atoms with Gasteiger partial charge in [0.2, 0.25) is 5.91 Å². The minimum atomic E-state index is -0.380. The summed E-state index contributed by atoms with van der Waals surface area (Å²) in [6, 6.07) is -0.380. The third-order valence-electron chi connectivity index (χ3n) is 3.16. The lowest BCUT2D eigenvalue weighted by Crippen LogP contribution is -2.46. The minimum absolute atomic E-state index is 0.0232. The van der Waals surface area contributed by atoms with Crippen molar-refractivity contribution >= 4 is 5.91 Å². The number of amides is 1. The molecule has 1 atom stereocenters. The Hall–Kier alpha value is -0.610. The first-order chi connectivity index (χ1) is 7.40. The highest BCUT2D eigenvalue weighted by Crippen LogP contribution is 2.27. The van der Waals surface area contributed by atoms with Gasteiger partial charge in [-0.1, -0.05) is 13.8 Å². The zero-order valence-electron chi connectivity index (χ0n) is 10.5. The molecule has 1 amide bonds. The maximum Gasteiger partial charge on any atom is 0.239 e. The first-order valence-corrected chi connectivity index (χ1v) is 6.08. The highest BCUT2D eigenvalue weighted by atomic mass is 16.3. The third kappa shape index (κ3) is 3.76. The molecule has 1 fully saturated rings. The number of aliphatic hydroxyl groups is 1. The van der Waals surface area contributed by atoms with Crippen LogP contribution >= 0.6 is 0 Å². The average molecular weight is 228 g/mol. The Bertz CT molecular complexity index is 237. The highest BCUT2D eigenvalue weighted by Gasteiger charge is 2.30. The van der Waals surface area contributed by atoms with Crippen LogP contribution in [-0.2, 0) is 4.79 Å². The summed E-state index contributed by atoms with van der Waals surface area (Å²) >= 11 is 0. The highest BCUT2D eigenvalue weighted by molar-refractivity contribution is 5.81. The summed E-state index contributed by atoms with van der Waals surface area (Å²) in [6.07, 6.45) is 2.21. The van der Waals surface area contributed by atoms with Gasteiger partial charge in [0.05, 0.1) is 12.1 Å². The molecular weight excluding hydrogens is 204 g/mol. The summed E-state index contributed by atoms with van der Waals surface area (Å²) in [4.78, 5) is 13.6. The zero-order valence-corrected chi connectivity index (χ0v) is 10.5. The lowest BCUT2D eigenvalue weighted by atomic mass is 9.82. The van der Waals surface area contributed by atoms with Gasteiger partial charge in [0, 0.05) is 13.6 Å². The summed E-state index contributed by atoms with van der Waals surface area (Å²) in [5.41, 5.74) is 5.84. The van der Waals surface area contributed by atoms with Gasteiger partial charge >= 0.3 is 0 Å². The van der Waals surface area contributed by atoms with Gasteiger partial charge in [0.15, 0.2) is 0 Å². The fraction of sp³-hybridized carbons (Fsp3) is 0.917. The van der Waals surface area contributed by atoms with Crippen molar-refractivity contribution in [2.75, 3.05) is 13.6 Å². The number of nitrogens with two attached hydrogens (primary N) is 1. The molecule has 4 nitrogen and oxygen atoms in total. The SMILES string of the molecule is CC(C)C[C@@H](N)C(=O)N(C)CC1CC(O)C1. The molecule has 3 N–H and O–H groups in total. The molecule has 4 heteroatoms. The summed E-state index contributed by atoms with van der Waals surface area (Å²) in [5.74, 6) is 0.920. The van der Waals surface area contributed by atoms with E-state index >= 15 is 0 Å². The van der Waals surface area contributed by atoms with Crippen molar-refractivity contribution in [2.24, 2.45) is 17.6 Å². The quantitative estimate of drug-likeness (QED) is 0.723. The summed E-state index contributed by atoms with van der Waals surface area (Å²) < 4.78 is 0. The van der Waals surface area contributed by atoms with Crippen LogP contribution in [0, 0.1) is 11.8 Å². The molecule has 1 saturated carbocycles. The Balaban J connectivity index is 2.29. The van der Waals surface area contributed by atoms with Crippen LogP contribution in [-0.4, -0.2) is 41.7 Å². The number of carbonyl (C=O) groups is 1. The van der Waals surface area contributed by atoms with E-state index in [-0.39, 0.29) is 18.1 Å². The third-order valence-corrected chi connectivity index (χ3v) is 3.16. The van der Waals surface area contributed by atoms with Crippen molar-refractivity contribution in [3.05, 3.63) is 0 Å². The number of hydrogen-bond acceptors (Lipinski definition) is 3. The molecule has 0 bridgehead atoms.